The number of hydrogen-bond acceptors (Lipinski definition) is 5. The van der Waals surface area contributed by atoms with Crippen LogP contribution in [0.2, 0.25) is 0 Å². The highest BCUT2D eigenvalue weighted by molar-refractivity contribution is 7.14. The second-order valence-corrected chi connectivity index (χ2v) is 5.49. The normalized spacial score (nSPS) is 16.8. The Morgan fingerprint density at radius 3 is 3.00 bits per heavy atom. The van der Waals surface area contributed by atoms with Gasteiger partial charge in [-0.3, -0.25) is 4.79 Å². The van der Waals surface area contributed by atoms with Gasteiger partial charge < -0.3 is 20.7 Å². The molecule has 1 aliphatic heterocycles. The molecule has 1 fully saturated rings. The Balaban J connectivity index is 1.74. The number of nitrogens with one attached hydrogen (secondary N) is 3. The summed E-state index contributed by atoms with van der Waals surface area (Å²) >= 11 is 1.32. The molecule has 3 amide bonds. The van der Waals surface area contributed by atoms with Crippen LogP contribution in [-0.2, 0) is 4.79 Å². The minimum atomic E-state index is -0.578. The summed E-state index contributed by atoms with van der Waals surface area (Å²) in [6, 6.07) is 6.62. The van der Waals surface area contributed by atoms with Gasteiger partial charge >= 0.3 is 6.03 Å². The van der Waals surface area contributed by atoms with E-state index >= 15 is 0 Å². The summed E-state index contributed by atoms with van der Waals surface area (Å²) < 4.78 is 5.30. The molecule has 1 atom stereocenters. The SMILES string of the molecule is COc1ccccc1-c1csc(NC(=O)[C@H]2CNC(=O)N2)n1. The van der Waals surface area contributed by atoms with Crippen molar-refractivity contribution in [2.45, 2.75) is 6.04 Å². The first-order valence-corrected chi connectivity index (χ1v) is 7.49. The van der Waals surface area contributed by atoms with Crippen molar-refractivity contribution in [2.24, 2.45) is 0 Å². The molecule has 7 nitrogen and oxygen atoms in total. The average molecular weight is 318 g/mol. The van der Waals surface area contributed by atoms with E-state index in [1.807, 2.05) is 29.6 Å². The molecule has 22 heavy (non-hydrogen) atoms. The first-order valence-electron chi connectivity index (χ1n) is 6.61. The zero-order valence-corrected chi connectivity index (χ0v) is 12.6. The number of hydrogen-bond donors (Lipinski definition) is 3. The van der Waals surface area contributed by atoms with Crippen molar-refractivity contribution in [2.75, 3.05) is 19.0 Å². The molecular formula is C14H14N4O3S. The number of methoxy groups -OCH3 is 1. The number of urea groups is 1. The maximum absolute atomic E-state index is 12.0. The van der Waals surface area contributed by atoms with Crippen molar-refractivity contribution in [3.05, 3.63) is 29.6 Å². The number of carbonyl (C=O) groups is 2. The first kappa shape index (κ1) is 14.3. The molecule has 0 aliphatic carbocycles. The lowest BCUT2D eigenvalue weighted by Gasteiger charge is -2.07. The monoisotopic (exact) mass is 318 g/mol. The fourth-order valence-electron chi connectivity index (χ4n) is 2.12. The second-order valence-electron chi connectivity index (χ2n) is 4.63. The van der Waals surface area contributed by atoms with Gasteiger partial charge in [0.15, 0.2) is 5.13 Å². The van der Waals surface area contributed by atoms with E-state index in [4.69, 9.17) is 4.74 Å². The van der Waals surface area contributed by atoms with Crippen LogP contribution < -0.4 is 20.7 Å². The largest absolute Gasteiger partial charge is 0.496 e. The average Bonchev–Trinajstić information content (AvgIpc) is 3.16. The van der Waals surface area contributed by atoms with Gasteiger partial charge in [0.1, 0.15) is 11.8 Å². The molecule has 1 aromatic heterocycles. The van der Waals surface area contributed by atoms with Crippen molar-refractivity contribution in [1.29, 1.82) is 0 Å². The number of nitrogens with zero attached hydrogens (tertiary/aromatic N) is 1. The van der Waals surface area contributed by atoms with E-state index in [1.54, 1.807) is 7.11 Å². The number of thiazole rings is 1. The van der Waals surface area contributed by atoms with Crippen LogP contribution in [-0.4, -0.2) is 36.6 Å². The maximum atomic E-state index is 12.0. The first-order chi connectivity index (χ1) is 10.7. The highest BCUT2D eigenvalue weighted by Crippen LogP contribution is 2.31. The van der Waals surface area contributed by atoms with E-state index in [9.17, 15) is 9.59 Å². The molecule has 1 aromatic carbocycles. The Labute approximate surface area is 130 Å². The highest BCUT2D eigenvalue weighted by atomic mass is 32.1. The Morgan fingerprint density at radius 1 is 1.45 bits per heavy atom. The third-order valence-electron chi connectivity index (χ3n) is 3.21. The maximum Gasteiger partial charge on any atom is 0.315 e. The van der Waals surface area contributed by atoms with Crippen molar-refractivity contribution < 1.29 is 14.3 Å². The molecule has 1 saturated heterocycles. The molecule has 0 radical (unpaired) electrons. The quantitative estimate of drug-likeness (QED) is 0.795. The van der Waals surface area contributed by atoms with Gasteiger partial charge in [-0.25, -0.2) is 9.78 Å². The molecule has 1 aliphatic rings. The fourth-order valence-corrected chi connectivity index (χ4v) is 2.83. The van der Waals surface area contributed by atoms with Gasteiger partial charge in [0.25, 0.3) is 5.91 Å². The lowest BCUT2D eigenvalue weighted by atomic mass is 10.1. The Morgan fingerprint density at radius 2 is 2.27 bits per heavy atom. The van der Waals surface area contributed by atoms with E-state index in [1.165, 1.54) is 11.3 Å². The van der Waals surface area contributed by atoms with Crippen molar-refractivity contribution >= 4 is 28.4 Å². The molecule has 3 N–H and O–H groups in total. The van der Waals surface area contributed by atoms with Crippen molar-refractivity contribution in [3.8, 4) is 17.0 Å². The predicted molar refractivity (Wildman–Crippen MR) is 83.1 cm³/mol. The number of aromatic nitrogens is 1. The number of carbonyl (C=O) groups excluding carboxylic acids is 2. The Kier molecular flexibility index (Phi) is 3.92. The van der Waals surface area contributed by atoms with Gasteiger partial charge in [-0.15, -0.1) is 11.3 Å². The van der Waals surface area contributed by atoms with Crippen LogP contribution >= 0.6 is 11.3 Å². The van der Waals surface area contributed by atoms with E-state index < -0.39 is 6.04 Å². The summed E-state index contributed by atoms with van der Waals surface area (Å²) in [4.78, 5) is 27.4. The number of para-hydroxylation sites is 1. The van der Waals surface area contributed by atoms with Crippen molar-refractivity contribution in [3.63, 3.8) is 0 Å². The Hall–Kier alpha value is -2.61. The van der Waals surface area contributed by atoms with Crippen LogP contribution in [0.15, 0.2) is 29.6 Å². The van der Waals surface area contributed by atoms with E-state index in [0.29, 0.717) is 5.13 Å². The topological polar surface area (TPSA) is 92.4 Å². The van der Waals surface area contributed by atoms with Gasteiger partial charge in [-0.2, -0.15) is 0 Å². The number of ether oxygens (including phenoxy) is 1. The van der Waals surface area contributed by atoms with Crippen LogP contribution in [0.4, 0.5) is 9.93 Å². The predicted octanol–water partition coefficient (Wildman–Crippen LogP) is 1.44. The fraction of sp³-hybridized carbons (Fsp3) is 0.214. The summed E-state index contributed by atoms with van der Waals surface area (Å²) in [6.45, 7) is 0.273. The van der Waals surface area contributed by atoms with Gasteiger partial charge in [0, 0.05) is 17.5 Å². The highest BCUT2D eigenvalue weighted by Gasteiger charge is 2.27. The molecule has 0 unspecified atom stereocenters. The van der Waals surface area contributed by atoms with Crippen molar-refractivity contribution in [1.82, 2.24) is 15.6 Å². The van der Waals surface area contributed by atoms with Gasteiger partial charge in [0.05, 0.1) is 12.8 Å². The van der Waals surface area contributed by atoms with Crippen LogP contribution in [0.25, 0.3) is 11.3 Å². The minimum absolute atomic E-state index is 0.273. The summed E-state index contributed by atoms with van der Waals surface area (Å²) in [5, 5.41) is 10.1. The van der Waals surface area contributed by atoms with E-state index in [2.05, 4.69) is 20.9 Å². The molecule has 114 valence electrons. The van der Waals surface area contributed by atoms with Crippen LogP contribution in [0.3, 0.4) is 0 Å². The molecule has 8 heteroatoms. The van der Waals surface area contributed by atoms with Crippen LogP contribution in [0.5, 0.6) is 5.75 Å². The lowest BCUT2D eigenvalue weighted by Crippen LogP contribution is -2.38. The number of benzene rings is 1. The number of anilines is 1. The summed E-state index contributed by atoms with van der Waals surface area (Å²) in [5.74, 6) is 0.428. The van der Waals surface area contributed by atoms with Crippen LogP contribution in [0.1, 0.15) is 0 Å². The lowest BCUT2D eigenvalue weighted by molar-refractivity contribution is -0.117. The van der Waals surface area contributed by atoms with Gasteiger partial charge in [-0.1, -0.05) is 12.1 Å². The summed E-state index contributed by atoms with van der Waals surface area (Å²) in [6.07, 6.45) is 0. The number of amides is 3. The smallest absolute Gasteiger partial charge is 0.315 e. The molecule has 0 bridgehead atoms. The standard InChI is InChI=1S/C14H14N4O3S/c1-21-11-5-3-2-4-8(11)10-7-22-14(17-10)18-12(19)9-6-15-13(20)16-9/h2-5,7,9H,6H2,1H3,(H2,15,16,20)(H,17,18,19)/t9-/m1/s1. The summed E-state index contributed by atoms with van der Waals surface area (Å²) in [7, 11) is 1.60. The molecular weight excluding hydrogens is 304 g/mol. The van der Waals surface area contributed by atoms with Crippen LogP contribution in [0, 0.1) is 0 Å². The third-order valence-corrected chi connectivity index (χ3v) is 3.96. The zero-order chi connectivity index (χ0) is 15.5. The molecule has 0 saturated carbocycles. The molecule has 2 aromatic rings. The van der Waals surface area contributed by atoms with E-state index in [0.717, 1.165) is 17.0 Å². The second kappa shape index (κ2) is 6.02. The zero-order valence-electron chi connectivity index (χ0n) is 11.8. The van der Waals surface area contributed by atoms with Gasteiger partial charge in [0.2, 0.25) is 0 Å². The van der Waals surface area contributed by atoms with Gasteiger partial charge in [-0.05, 0) is 12.1 Å². The minimum Gasteiger partial charge on any atom is -0.496 e. The molecule has 2 heterocycles. The molecule has 0 spiro atoms. The Bertz CT molecular complexity index is 716. The molecule has 3 rings (SSSR count). The number of rotatable bonds is 4. The van der Waals surface area contributed by atoms with E-state index in [-0.39, 0.29) is 18.5 Å². The third kappa shape index (κ3) is 2.86. The summed E-state index contributed by atoms with van der Waals surface area (Å²) in [5.41, 5.74) is 1.59.